The van der Waals surface area contributed by atoms with Crippen LogP contribution in [0.3, 0.4) is 0 Å². The van der Waals surface area contributed by atoms with Crippen LogP contribution in [-0.2, 0) is 0 Å². The van der Waals surface area contributed by atoms with Gasteiger partial charge in [-0.3, -0.25) is 9.69 Å². The normalized spacial score (nSPS) is 10.5. The molecule has 0 radical (unpaired) electrons. The zero-order valence-corrected chi connectivity index (χ0v) is 15.0. The Morgan fingerprint density at radius 1 is 1.13 bits per heavy atom. The van der Waals surface area contributed by atoms with Crippen LogP contribution < -0.4 is 4.90 Å². The fraction of sp³-hybridized carbons (Fsp3) is 0.111. The highest BCUT2D eigenvalue weighted by Gasteiger charge is 2.19. The maximum Gasteiger partial charge on any atom is 0.260 e. The van der Waals surface area contributed by atoms with E-state index in [0.717, 1.165) is 20.9 Å². The van der Waals surface area contributed by atoms with Gasteiger partial charge in [0.2, 0.25) is 0 Å². The third-order valence-electron chi connectivity index (χ3n) is 3.45. The summed E-state index contributed by atoms with van der Waals surface area (Å²) in [5.74, 6) is -0.0233. The summed E-state index contributed by atoms with van der Waals surface area (Å²) >= 11 is 4.92. The summed E-state index contributed by atoms with van der Waals surface area (Å²) in [6.07, 6.45) is 0. The van der Waals surface area contributed by atoms with E-state index in [9.17, 15) is 4.79 Å². The fourth-order valence-corrected chi connectivity index (χ4v) is 3.40. The van der Waals surface area contributed by atoms with Crippen molar-refractivity contribution in [2.45, 2.75) is 6.92 Å². The molecule has 2 aromatic carbocycles. The van der Waals surface area contributed by atoms with E-state index < -0.39 is 0 Å². The van der Waals surface area contributed by atoms with Gasteiger partial charge < -0.3 is 0 Å². The average molecular weight is 387 g/mol. The van der Waals surface area contributed by atoms with Gasteiger partial charge in [-0.1, -0.05) is 46.3 Å². The molecule has 3 aromatic rings. The minimum atomic E-state index is -0.0233. The molecule has 0 saturated heterocycles. The summed E-state index contributed by atoms with van der Waals surface area (Å²) in [4.78, 5) is 19.0. The van der Waals surface area contributed by atoms with Gasteiger partial charge in [-0.25, -0.2) is 4.98 Å². The number of carbonyl (C=O) groups is 1. The van der Waals surface area contributed by atoms with Gasteiger partial charge in [0.1, 0.15) is 0 Å². The van der Waals surface area contributed by atoms with Crippen LogP contribution in [0.4, 0.5) is 5.13 Å². The minimum Gasteiger partial charge on any atom is -0.284 e. The molecule has 0 N–H and O–H groups in total. The van der Waals surface area contributed by atoms with Crippen molar-refractivity contribution in [3.8, 4) is 11.3 Å². The van der Waals surface area contributed by atoms with E-state index in [0.29, 0.717) is 12.1 Å². The quantitative estimate of drug-likeness (QED) is 0.614. The molecule has 116 valence electrons. The molecule has 0 aliphatic carbocycles. The SMILES string of the molecule is CCN(C(=O)c1ccccc1)c1nc(-c2ccc(Br)cc2)cs1. The molecule has 1 aromatic heterocycles. The van der Waals surface area contributed by atoms with Crippen LogP contribution in [0.1, 0.15) is 17.3 Å². The smallest absolute Gasteiger partial charge is 0.260 e. The summed E-state index contributed by atoms with van der Waals surface area (Å²) in [7, 11) is 0. The molecule has 3 nitrogen and oxygen atoms in total. The first-order valence-corrected chi connectivity index (χ1v) is 8.94. The third-order valence-corrected chi connectivity index (χ3v) is 4.84. The lowest BCUT2D eigenvalue weighted by atomic mass is 10.2. The van der Waals surface area contributed by atoms with Gasteiger partial charge in [0, 0.05) is 27.5 Å². The zero-order valence-electron chi connectivity index (χ0n) is 12.6. The number of carbonyl (C=O) groups excluding carboxylic acids is 1. The summed E-state index contributed by atoms with van der Waals surface area (Å²) in [6, 6.07) is 17.3. The van der Waals surface area contributed by atoms with Crippen LogP contribution in [0.25, 0.3) is 11.3 Å². The number of hydrogen-bond acceptors (Lipinski definition) is 3. The summed E-state index contributed by atoms with van der Waals surface area (Å²) < 4.78 is 1.03. The second-order valence-corrected chi connectivity index (χ2v) is 6.69. The van der Waals surface area contributed by atoms with Gasteiger partial charge in [-0.2, -0.15) is 0 Å². The number of aromatic nitrogens is 1. The Balaban J connectivity index is 1.88. The van der Waals surface area contributed by atoms with Gasteiger partial charge in [-0.05, 0) is 31.2 Å². The van der Waals surface area contributed by atoms with E-state index >= 15 is 0 Å². The Labute approximate surface area is 147 Å². The highest BCUT2D eigenvalue weighted by Crippen LogP contribution is 2.29. The molecule has 1 amide bonds. The van der Waals surface area contributed by atoms with Crippen LogP contribution >= 0.6 is 27.3 Å². The number of amides is 1. The lowest BCUT2D eigenvalue weighted by molar-refractivity contribution is 0.0988. The maximum atomic E-state index is 12.7. The number of rotatable bonds is 4. The van der Waals surface area contributed by atoms with E-state index in [1.807, 2.05) is 66.9 Å². The summed E-state index contributed by atoms with van der Waals surface area (Å²) in [5.41, 5.74) is 2.60. The predicted molar refractivity (Wildman–Crippen MR) is 99.0 cm³/mol. The minimum absolute atomic E-state index is 0.0233. The van der Waals surface area contributed by atoms with Crippen molar-refractivity contribution >= 4 is 38.3 Å². The Bertz CT molecular complexity index is 799. The van der Waals surface area contributed by atoms with Gasteiger partial charge >= 0.3 is 0 Å². The highest BCUT2D eigenvalue weighted by atomic mass is 79.9. The number of hydrogen-bond donors (Lipinski definition) is 0. The molecule has 0 aliphatic heterocycles. The largest absolute Gasteiger partial charge is 0.284 e. The first-order valence-electron chi connectivity index (χ1n) is 7.27. The van der Waals surface area contributed by atoms with Crippen molar-refractivity contribution in [3.63, 3.8) is 0 Å². The van der Waals surface area contributed by atoms with Gasteiger partial charge in [-0.15, -0.1) is 11.3 Å². The monoisotopic (exact) mass is 386 g/mol. The number of halogens is 1. The van der Waals surface area contributed by atoms with E-state index in [1.165, 1.54) is 11.3 Å². The van der Waals surface area contributed by atoms with Crippen molar-refractivity contribution in [3.05, 3.63) is 70.0 Å². The number of benzene rings is 2. The van der Waals surface area contributed by atoms with Crippen LogP contribution in [0, 0.1) is 0 Å². The first-order chi connectivity index (χ1) is 11.2. The van der Waals surface area contributed by atoms with Crippen molar-refractivity contribution in [2.24, 2.45) is 0 Å². The second kappa shape index (κ2) is 7.06. The molecule has 0 fully saturated rings. The number of thiazole rings is 1. The van der Waals surface area contributed by atoms with Crippen LogP contribution in [0.5, 0.6) is 0 Å². The van der Waals surface area contributed by atoms with E-state index in [-0.39, 0.29) is 5.91 Å². The first kappa shape index (κ1) is 15.9. The molecular formula is C18H15BrN2OS. The molecule has 5 heteroatoms. The zero-order chi connectivity index (χ0) is 16.2. The standard InChI is InChI=1S/C18H15BrN2OS/c1-2-21(17(22)14-6-4-3-5-7-14)18-20-16(12-23-18)13-8-10-15(19)11-9-13/h3-12H,2H2,1H3. The van der Waals surface area contributed by atoms with E-state index in [4.69, 9.17) is 0 Å². The third kappa shape index (κ3) is 3.51. The van der Waals surface area contributed by atoms with Crippen molar-refractivity contribution < 1.29 is 4.79 Å². The van der Waals surface area contributed by atoms with Gasteiger partial charge in [0.05, 0.1) is 5.69 Å². The molecule has 1 heterocycles. The van der Waals surface area contributed by atoms with Gasteiger partial charge in [0.25, 0.3) is 5.91 Å². The lowest BCUT2D eigenvalue weighted by Crippen LogP contribution is -2.30. The Kier molecular flexibility index (Phi) is 4.88. The number of anilines is 1. The molecule has 0 bridgehead atoms. The molecule has 0 unspecified atom stereocenters. The summed E-state index contributed by atoms with van der Waals surface area (Å²) in [6.45, 7) is 2.54. The average Bonchev–Trinajstić information content (AvgIpc) is 3.06. The van der Waals surface area contributed by atoms with Crippen LogP contribution in [0.15, 0.2) is 64.5 Å². The highest BCUT2D eigenvalue weighted by molar-refractivity contribution is 9.10. The van der Waals surface area contributed by atoms with E-state index in [2.05, 4.69) is 20.9 Å². The fourth-order valence-electron chi connectivity index (χ4n) is 2.24. The Morgan fingerprint density at radius 2 is 1.83 bits per heavy atom. The van der Waals surface area contributed by atoms with Crippen molar-refractivity contribution in [1.29, 1.82) is 0 Å². The van der Waals surface area contributed by atoms with E-state index in [1.54, 1.807) is 4.90 Å². The molecule has 0 atom stereocenters. The molecule has 0 spiro atoms. The predicted octanol–water partition coefficient (Wildman–Crippen LogP) is 5.24. The molecule has 0 aliphatic rings. The molecule has 23 heavy (non-hydrogen) atoms. The topological polar surface area (TPSA) is 33.2 Å². The van der Waals surface area contributed by atoms with Gasteiger partial charge in [0.15, 0.2) is 5.13 Å². The molecule has 0 saturated carbocycles. The lowest BCUT2D eigenvalue weighted by Gasteiger charge is -2.17. The second-order valence-electron chi connectivity index (χ2n) is 4.94. The number of nitrogens with zero attached hydrogens (tertiary/aromatic N) is 2. The summed E-state index contributed by atoms with van der Waals surface area (Å²) in [5, 5.41) is 2.71. The Hall–Kier alpha value is -1.98. The molecular weight excluding hydrogens is 372 g/mol. The van der Waals surface area contributed by atoms with Crippen molar-refractivity contribution in [1.82, 2.24) is 4.98 Å². The van der Waals surface area contributed by atoms with Crippen LogP contribution in [0.2, 0.25) is 0 Å². The molecule has 3 rings (SSSR count). The maximum absolute atomic E-state index is 12.7. The van der Waals surface area contributed by atoms with Crippen LogP contribution in [-0.4, -0.2) is 17.4 Å². The van der Waals surface area contributed by atoms with Crippen molar-refractivity contribution in [2.75, 3.05) is 11.4 Å². The Morgan fingerprint density at radius 3 is 2.48 bits per heavy atom.